The number of carbonyl (C=O) groups excluding carboxylic acids is 2. The topological polar surface area (TPSA) is 88.0 Å². The highest BCUT2D eigenvalue weighted by Gasteiger charge is 2.11. The molecule has 7 nitrogen and oxygen atoms in total. The highest BCUT2D eigenvalue weighted by molar-refractivity contribution is 6.33. The van der Waals surface area contributed by atoms with Gasteiger partial charge in [-0.05, 0) is 25.1 Å². The van der Waals surface area contributed by atoms with Gasteiger partial charge in [0.2, 0.25) is 5.91 Å². The zero-order chi connectivity index (χ0) is 17.5. The number of benzene rings is 1. The Kier molecular flexibility index (Phi) is 6.20. The highest BCUT2D eigenvalue weighted by Crippen LogP contribution is 2.25. The summed E-state index contributed by atoms with van der Waals surface area (Å²) in [5.41, 5.74) is 1.01. The molecule has 0 saturated heterocycles. The van der Waals surface area contributed by atoms with Gasteiger partial charge in [0.05, 0.1) is 17.0 Å². The van der Waals surface area contributed by atoms with Crippen molar-refractivity contribution in [3.63, 3.8) is 0 Å². The van der Waals surface area contributed by atoms with E-state index < -0.39 is 0 Å². The van der Waals surface area contributed by atoms with Crippen molar-refractivity contribution < 1.29 is 9.59 Å². The van der Waals surface area contributed by atoms with Gasteiger partial charge in [-0.15, -0.1) is 0 Å². The van der Waals surface area contributed by atoms with Crippen molar-refractivity contribution in [1.82, 2.24) is 14.9 Å². The fraction of sp³-hybridized carbons (Fsp3) is 0.312. The summed E-state index contributed by atoms with van der Waals surface area (Å²) in [6, 6.07) is 4.46. The Hall–Kier alpha value is -2.54. The first-order valence-electron chi connectivity index (χ1n) is 7.60. The number of nitrogens with zero attached hydrogens (tertiary/aromatic N) is 2. The number of hydrogen-bond donors (Lipinski definition) is 3. The molecule has 1 atom stereocenters. The van der Waals surface area contributed by atoms with Crippen LogP contribution in [0.1, 0.15) is 20.3 Å². The highest BCUT2D eigenvalue weighted by atomic mass is 35.5. The normalized spacial score (nSPS) is 11.6. The zero-order valence-corrected chi connectivity index (χ0v) is 14.3. The Morgan fingerprint density at radius 3 is 2.79 bits per heavy atom. The van der Waals surface area contributed by atoms with E-state index in [9.17, 15) is 9.59 Å². The third kappa shape index (κ3) is 5.27. The molecule has 0 aliphatic heterocycles. The molecule has 0 aliphatic rings. The van der Waals surface area contributed by atoms with E-state index in [0.29, 0.717) is 29.4 Å². The van der Waals surface area contributed by atoms with Gasteiger partial charge in [0.15, 0.2) is 0 Å². The monoisotopic (exact) mass is 349 g/mol. The van der Waals surface area contributed by atoms with Crippen molar-refractivity contribution in [3.8, 4) is 0 Å². The molecule has 1 aromatic heterocycles. The molecule has 2 aromatic rings. The second-order valence-electron chi connectivity index (χ2n) is 5.36. The Bertz CT molecular complexity index is 702. The second kappa shape index (κ2) is 8.35. The molecule has 0 unspecified atom stereocenters. The molecule has 0 aliphatic carbocycles. The van der Waals surface area contributed by atoms with Crippen LogP contribution in [0.25, 0.3) is 0 Å². The minimum absolute atomic E-state index is 0.0963. The Balaban J connectivity index is 1.95. The van der Waals surface area contributed by atoms with Gasteiger partial charge in [0.25, 0.3) is 0 Å². The van der Waals surface area contributed by atoms with Crippen LogP contribution in [0.15, 0.2) is 36.9 Å². The first-order valence-corrected chi connectivity index (χ1v) is 7.98. The number of halogens is 1. The maximum Gasteiger partial charge on any atom is 0.319 e. The predicted octanol–water partition coefficient (Wildman–Crippen LogP) is 3.10. The molecule has 128 valence electrons. The molecule has 8 heteroatoms. The number of nitrogens with one attached hydrogen (secondary N) is 3. The van der Waals surface area contributed by atoms with Crippen LogP contribution in [0.2, 0.25) is 5.02 Å². The van der Waals surface area contributed by atoms with E-state index in [1.54, 1.807) is 37.6 Å². The molecule has 1 aromatic carbocycles. The number of amides is 3. The molecule has 1 heterocycles. The summed E-state index contributed by atoms with van der Waals surface area (Å²) in [5.74, 6) is -0.110. The second-order valence-corrected chi connectivity index (χ2v) is 5.76. The maximum atomic E-state index is 12.1. The molecule has 0 fully saturated rings. The summed E-state index contributed by atoms with van der Waals surface area (Å²) < 4.78 is 1.87. The Morgan fingerprint density at radius 1 is 1.33 bits per heavy atom. The van der Waals surface area contributed by atoms with E-state index in [4.69, 9.17) is 11.6 Å². The minimum Gasteiger partial charge on any atom is -0.335 e. The summed E-state index contributed by atoms with van der Waals surface area (Å²) in [6.07, 6.45) is 5.57. The molecular formula is C16H20ClN5O2. The van der Waals surface area contributed by atoms with Crippen LogP contribution < -0.4 is 16.0 Å². The van der Waals surface area contributed by atoms with Crippen LogP contribution in [0.5, 0.6) is 0 Å². The van der Waals surface area contributed by atoms with Crippen LogP contribution in [0.3, 0.4) is 0 Å². The predicted molar refractivity (Wildman–Crippen MR) is 94.2 cm³/mol. The number of urea groups is 1. The fourth-order valence-electron chi connectivity index (χ4n) is 2.09. The van der Waals surface area contributed by atoms with Crippen LogP contribution in [0.4, 0.5) is 16.2 Å². The summed E-state index contributed by atoms with van der Waals surface area (Å²) >= 11 is 6.09. The smallest absolute Gasteiger partial charge is 0.319 e. The molecule has 0 saturated carbocycles. The number of hydrogen-bond acceptors (Lipinski definition) is 3. The molecule has 24 heavy (non-hydrogen) atoms. The molecule has 0 bridgehead atoms. The number of rotatable bonds is 6. The first-order chi connectivity index (χ1) is 11.5. The first kappa shape index (κ1) is 17.8. The maximum absolute atomic E-state index is 12.1. The number of imidazole rings is 1. The summed E-state index contributed by atoms with van der Waals surface area (Å²) in [5, 5.41) is 8.63. The van der Waals surface area contributed by atoms with Gasteiger partial charge >= 0.3 is 6.03 Å². The van der Waals surface area contributed by atoms with Crippen molar-refractivity contribution in [2.75, 3.05) is 10.6 Å². The molecular weight excluding hydrogens is 330 g/mol. The standard InChI is InChI=1S/C16H20ClN5O2/c1-3-15(23)20-12-4-5-13(17)14(8-12)21-16(24)19-11(2)9-22-7-6-18-10-22/h4-8,10-11H,3,9H2,1-2H3,(H,20,23)(H2,19,21,24)/t11-/m0/s1. The van der Waals surface area contributed by atoms with Gasteiger partial charge in [-0.25, -0.2) is 9.78 Å². The number of aromatic nitrogens is 2. The van der Waals surface area contributed by atoms with Gasteiger partial charge in [0.1, 0.15) is 0 Å². The van der Waals surface area contributed by atoms with Crippen LogP contribution >= 0.6 is 11.6 Å². The van der Waals surface area contributed by atoms with E-state index in [2.05, 4.69) is 20.9 Å². The number of anilines is 2. The Morgan fingerprint density at radius 2 is 2.12 bits per heavy atom. The SMILES string of the molecule is CCC(=O)Nc1ccc(Cl)c(NC(=O)N[C@@H](C)Cn2ccnc2)c1. The summed E-state index contributed by atoms with van der Waals surface area (Å²) in [7, 11) is 0. The van der Waals surface area contributed by atoms with Gasteiger partial charge in [-0.1, -0.05) is 18.5 Å². The van der Waals surface area contributed by atoms with Gasteiger partial charge in [-0.2, -0.15) is 0 Å². The van der Waals surface area contributed by atoms with Gasteiger partial charge in [-0.3, -0.25) is 4.79 Å². The molecule has 0 spiro atoms. The molecule has 3 N–H and O–H groups in total. The third-order valence-electron chi connectivity index (χ3n) is 3.24. The van der Waals surface area contributed by atoms with Crippen molar-refractivity contribution in [3.05, 3.63) is 41.9 Å². The van der Waals surface area contributed by atoms with Crippen molar-refractivity contribution >= 4 is 34.9 Å². The van der Waals surface area contributed by atoms with E-state index in [1.807, 2.05) is 17.7 Å². The molecule has 3 amide bonds. The summed E-state index contributed by atoms with van der Waals surface area (Å²) in [4.78, 5) is 27.5. The van der Waals surface area contributed by atoms with Gasteiger partial charge in [0, 0.05) is 37.1 Å². The minimum atomic E-state index is -0.372. The van der Waals surface area contributed by atoms with Crippen molar-refractivity contribution in [2.45, 2.75) is 32.9 Å². The third-order valence-corrected chi connectivity index (χ3v) is 3.57. The summed E-state index contributed by atoms with van der Waals surface area (Å²) in [6.45, 7) is 4.26. The van der Waals surface area contributed by atoms with Crippen LogP contribution in [-0.4, -0.2) is 27.5 Å². The Labute approximate surface area is 145 Å². The fourth-order valence-corrected chi connectivity index (χ4v) is 2.25. The average Bonchev–Trinajstić information content (AvgIpc) is 3.03. The van der Waals surface area contributed by atoms with E-state index in [1.165, 1.54) is 0 Å². The average molecular weight is 350 g/mol. The van der Waals surface area contributed by atoms with Gasteiger partial charge < -0.3 is 20.5 Å². The largest absolute Gasteiger partial charge is 0.335 e. The number of carbonyl (C=O) groups is 2. The van der Waals surface area contributed by atoms with Crippen molar-refractivity contribution in [1.29, 1.82) is 0 Å². The molecule has 0 radical (unpaired) electrons. The lowest BCUT2D eigenvalue weighted by atomic mass is 10.2. The quantitative estimate of drug-likeness (QED) is 0.748. The lowest BCUT2D eigenvalue weighted by molar-refractivity contribution is -0.115. The van der Waals surface area contributed by atoms with Crippen LogP contribution in [0, 0.1) is 0 Å². The zero-order valence-electron chi connectivity index (χ0n) is 13.5. The van der Waals surface area contributed by atoms with E-state index >= 15 is 0 Å². The molecule has 2 rings (SSSR count). The lowest BCUT2D eigenvalue weighted by Crippen LogP contribution is -2.38. The van der Waals surface area contributed by atoms with E-state index in [0.717, 1.165) is 0 Å². The van der Waals surface area contributed by atoms with E-state index in [-0.39, 0.29) is 18.0 Å². The van der Waals surface area contributed by atoms with Crippen molar-refractivity contribution in [2.24, 2.45) is 0 Å². The lowest BCUT2D eigenvalue weighted by Gasteiger charge is -2.16. The van der Waals surface area contributed by atoms with Crippen LogP contribution in [-0.2, 0) is 11.3 Å².